The van der Waals surface area contributed by atoms with Gasteiger partial charge in [-0.25, -0.2) is 4.79 Å². The summed E-state index contributed by atoms with van der Waals surface area (Å²) in [6, 6.07) is -0.634. The van der Waals surface area contributed by atoms with E-state index >= 15 is 0 Å². The van der Waals surface area contributed by atoms with Gasteiger partial charge in [0.05, 0.1) is 0 Å². The van der Waals surface area contributed by atoms with E-state index in [1.54, 1.807) is 6.92 Å². The molecule has 2 unspecified atom stereocenters. The minimum Gasteiger partial charge on any atom is -0.480 e. The van der Waals surface area contributed by atoms with Crippen molar-refractivity contribution in [1.29, 1.82) is 0 Å². The van der Waals surface area contributed by atoms with E-state index in [4.69, 9.17) is 5.11 Å². The molecule has 1 amide bonds. The van der Waals surface area contributed by atoms with Gasteiger partial charge in [-0.1, -0.05) is 13.8 Å². The molecule has 2 atom stereocenters. The van der Waals surface area contributed by atoms with Gasteiger partial charge >= 0.3 is 5.97 Å². The Bertz CT molecular complexity index is 240. The summed E-state index contributed by atoms with van der Waals surface area (Å²) in [6.07, 6.45) is 2.27. The van der Waals surface area contributed by atoms with Gasteiger partial charge in [0.25, 0.3) is 0 Å². The van der Waals surface area contributed by atoms with E-state index in [0.29, 0.717) is 13.0 Å². The van der Waals surface area contributed by atoms with Crippen molar-refractivity contribution in [3.05, 3.63) is 0 Å². The predicted octanol–water partition coefficient (Wildman–Crippen LogP) is 1.11. The Morgan fingerprint density at radius 2 is 2.36 bits per heavy atom. The minimum absolute atomic E-state index is 0.00880. The van der Waals surface area contributed by atoms with Gasteiger partial charge in [0.2, 0.25) is 5.91 Å². The van der Waals surface area contributed by atoms with E-state index in [2.05, 4.69) is 0 Å². The molecule has 0 aromatic carbocycles. The van der Waals surface area contributed by atoms with Crippen LogP contribution >= 0.6 is 0 Å². The molecule has 1 fully saturated rings. The maximum atomic E-state index is 11.7. The second-order valence-electron chi connectivity index (χ2n) is 3.84. The lowest BCUT2D eigenvalue weighted by Crippen LogP contribution is -2.49. The maximum absolute atomic E-state index is 11.7. The zero-order chi connectivity index (χ0) is 10.7. The first-order chi connectivity index (χ1) is 6.57. The van der Waals surface area contributed by atoms with E-state index in [0.717, 1.165) is 12.8 Å². The molecule has 0 saturated carbocycles. The Kier molecular flexibility index (Phi) is 3.49. The predicted molar refractivity (Wildman–Crippen MR) is 51.8 cm³/mol. The Balaban J connectivity index is 2.74. The number of carboxylic acid groups (broad SMARTS) is 1. The Hall–Kier alpha value is -1.06. The van der Waals surface area contributed by atoms with Crippen molar-refractivity contribution in [3.63, 3.8) is 0 Å². The molecule has 1 N–H and O–H groups in total. The van der Waals surface area contributed by atoms with Crippen LogP contribution in [0.2, 0.25) is 0 Å². The highest BCUT2D eigenvalue weighted by atomic mass is 16.4. The number of carbonyl (C=O) groups is 2. The Morgan fingerprint density at radius 3 is 2.86 bits per heavy atom. The highest BCUT2D eigenvalue weighted by molar-refractivity contribution is 5.85. The molecule has 1 rings (SSSR count). The van der Waals surface area contributed by atoms with Gasteiger partial charge in [-0.2, -0.15) is 0 Å². The van der Waals surface area contributed by atoms with Gasteiger partial charge in [0.1, 0.15) is 6.04 Å². The molecule has 0 aliphatic carbocycles. The van der Waals surface area contributed by atoms with Gasteiger partial charge < -0.3 is 10.0 Å². The van der Waals surface area contributed by atoms with Gasteiger partial charge in [-0.3, -0.25) is 4.79 Å². The number of likely N-dealkylation sites (tertiary alicyclic amines) is 1. The third-order valence-corrected chi connectivity index (χ3v) is 2.79. The van der Waals surface area contributed by atoms with Crippen molar-refractivity contribution in [1.82, 2.24) is 4.90 Å². The second-order valence-corrected chi connectivity index (χ2v) is 3.84. The number of carboxylic acids is 1. The zero-order valence-electron chi connectivity index (χ0n) is 8.69. The standard InChI is InChI=1S/C10H17NO3/c1-3-8(10(13)14)11-6-4-5-7(2)9(11)12/h7-8H,3-6H2,1-2H3,(H,13,14). The fourth-order valence-corrected chi connectivity index (χ4v) is 1.92. The van der Waals surface area contributed by atoms with Crippen LogP contribution < -0.4 is 0 Å². The molecule has 4 nitrogen and oxygen atoms in total. The Morgan fingerprint density at radius 1 is 1.71 bits per heavy atom. The topological polar surface area (TPSA) is 57.6 Å². The molecular weight excluding hydrogens is 182 g/mol. The monoisotopic (exact) mass is 199 g/mol. The summed E-state index contributed by atoms with van der Waals surface area (Å²) in [5, 5.41) is 8.94. The molecule has 80 valence electrons. The summed E-state index contributed by atoms with van der Waals surface area (Å²) in [4.78, 5) is 24.1. The van der Waals surface area contributed by atoms with Crippen molar-refractivity contribution in [2.45, 2.75) is 39.2 Å². The van der Waals surface area contributed by atoms with Crippen LogP contribution in [-0.2, 0) is 9.59 Å². The van der Waals surface area contributed by atoms with E-state index in [1.165, 1.54) is 4.90 Å². The van der Waals surface area contributed by atoms with Crippen LogP contribution in [0.5, 0.6) is 0 Å². The number of piperidine rings is 1. The lowest BCUT2D eigenvalue weighted by atomic mass is 9.97. The Labute approximate surface area is 83.9 Å². The number of aliphatic carboxylic acids is 1. The van der Waals surface area contributed by atoms with Gasteiger partial charge in [0.15, 0.2) is 0 Å². The van der Waals surface area contributed by atoms with Crippen LogP contribution in [0.25, 0.3) is 0 Å². The lowest BCUT2D eigenvalue weighted by molar-refractivity contribution is -0.153. The van der Waals surface area contributed by atoms with Crippen molar-refractivity contribution in [3.8, 4) is 0 Å². The zero-order valence-corrected chi connectivity index (χ0v) is 8.69. The lowest BCUT2D eigenvalue weighted by Gasteiger charge is -2.34. The number of rotatable bonds is 3. The van der Waals surface area contributed by atoms with Crippen LogP contribution in [0.4, 0.5) is 0 Å². The van der Waals surface area contributed by atoms with Crippen molar-refractivity contribution >= 4 is 11.9 Å². The van der Waals surface area contributed by atoms with Gasteiger partial charge in [-0.05, 0) is 19.3 Å². The number of hydrogen-bond acceptors (Lipinski definition) is 2. The average molecular weight is 199 g/mol. The maximum Gasteiger partial charge on any atom is 0.326 e. The molecule has 0 aromatic rings. The fraction of sp³-hybridized carbons (Fsp3) is 0.800. The van der Waals surface area contributed by atoms with Crippen LogP contribution in [0.1, 0.15) is 33.1 Å². The molecule has 14 heavy (non-hydrogen) atoms. The SMILES string of the molecule is CCC(C(=O)O)N1CCCC(C)C1=O. The quantitative estimate of drug-likeness (QED) is 0.740. The van der Waals surface area contributed by atoms with E-state index < -0.39 is 12.0 Å². The molecule has 0 aromatic heterocycles. The third-order valence-electron chi connectivity index (χ3n) is 2.79. The average Bonchev–Trinajstić information content (AvgIpc) is 2.13. The van der Waals surface area contributed by atoms with Gasteiger partial charge in [0, 0.05) is 12.5 Å². The largest absolute Gasteiger partial charge is 0.480 e. The normalized spacial score (nSPS) is 24.9. The molecule has 4 heteroatoms. The number of amides is 1. The third kappa shape index (κ3) is 2.05. The molecule has 1 aliphatic rings. The van der Waals surface area contributed by atoms with Crippen LogP contribution in [0.15, 0.2) is 0 Å². The summed E-state index contributed by atoms with van der Waals surface area (Å²) < 4.78 is 0. The molecule has 1 aliphatic heterocycles. The van der Waals surface area contributed by atoms with E-state index in [-0.39, 0.29) is 11.8 Å². The molecule has 0 radical (unpaired) electrons. The summed E-state index contributed by atoms with van der Waals surface area (Å²) >= 11 is 0. The fourth-order valence-electron chi connectivity index (χ4n) is 1.92. The van der Waals surface area contributed by atoms with Crippen molar-refractivity contribution in [2.75, 3.05) is 6.54 Å². The highest BCUT2D eigenvalue weighted by Crippen LogP contribution is 2.20. The first kappa shape index (κ1) is 11.0. The smallest absolute Gasteiger partial charge is 0.326 e. The first-order valence-corrected chi connectivity index (χ1v) is 5.11. The molecule has 0 spiro atoms. The summed E-state index contributed by atoms with van der Waals surface area (Å²) in [5.41, 5.74) is 0. The number of hydrogen-bond donors (Lipinski definition) is 1. The molecular formula is C10H17NO3. The summed E-state index contributed by atoms with van der Waals surface area (Å²) in [5.74, 6) is -0.919. The summed E-state index contributed by atoms with van der Waals surface area (Å²) in [6.45, 7) is 4.25. The highest BCUT2D eigenvalue weighted by Gasteiger charge is 2.33. The van der Waals surface area contributed by atoms with E-state index in [1.807, 2.05) is 6.92 Å². The first-order valence-electron chi connectivity index (χ1n) is 5.11. The van der Waals surface area contributed by atoms with Gasteiger partial charge in [-0.15, -0.1) is 0 Å². The molecule has 1 heterocycles. The number of nitrogens with zero attached hydrogens (tertiary/aromatic N) is 1. The van der Waals surface area contributed by atoms with Crippen molar-refractivity contribution in [2.24, 2.45) is 5.92 Å². The molecule has 1 saturated heterocycles. The molecule has 0 bridgehead atoms. The van der Waals surface area contributed by atoms with Crippen LogP contribution in [0, 0.1) is 5.92 Å². The van der Waals surface area contributed by atoms with Crippen LogP contribution in [0.3, 0.4) is 0 Å². The summed E-state index contributed by atoms with van der Waals surface area (Å²) in [7, 11) is 0. The second kappa shape index (κ2) is 4.44. The van der Waals surface area contributed by atoms with E-state index in [9.17, 15) is 9.59 Å². The minimum atomic E-state index is -0.894. The van der Waals surface area contributed by atoms with Crippen LogP contribution in [-0.4, -0.2) is 34.5 Å². The van der Waals surface area contributed by atoms with Crippen molar-refractivity contribution < 1.29 is 14.7 Å². The number of carbonyl (C=O) groups excluding carboxylic acids is 1.